The van der Waals surface area contributed by atoms with E-state index in [0.29, 0.717) is 0 Å². The largest absolute Gasteiger partial charge is 0.393 e. The number of nitrogens with zero attached hydrogens (tertiary/aromatic N) is 2. The van der Waals surface area contributed by atoms with Crippen molar-refractivity contribution in [2.75, 3.05) is 6.54 Å². The lowest BCUT2D eigenvalue weighted by Gasteiger charge is -2.04. The van der Waals surface area contributed by atoms with Crippen molar-refractivity contribution in [2.45, 2.75) is 26.0 Å². The van der Waals surface area contributed by atoms with Crippen LogP contribution >= 0.6 is 0 Å². The third-order valence-electron chi connectivity index (χ3n) is 2.72. The Labute approximate surface area is 107 Å². The van der Waals surface area contributed by atoms with Gasteiger partial charge in [-0.1, -0.05) is 18.2 Å². The second-order valence-electron chi connectivity index (χ2n) is 4.44. The predicted molar refractivity (Wildman–Crippen MR) is 71.6 cm³/mol. The van der Waals surface area contributed by atoms with Crippen molar-refractivity contribution in [3.8, 4) is 5.69 Å². The Balaban J connectivity index is 1.87. The molecule has 2 aromatic rings. The molecule has 0 aliphatic rings. The average Bonchev–Trinajstić information content (AvgIpc) is 2.84. The molecule has 0 amide bonds. The van der Waals surface area contributed by atoms with Gasteiger partial charge in [0.2, 0.25) is 0 Å². The van der Waals surface area contributed by atoms with Crippen LogP contribution in [0.15, 0.2) is 42.7 Å². The Hall–Kier alpha value is -1.65. The lowest BCUT2D eigenvalue weighted by molar-refractivity contribution is 0.183. The third kappa shape index (κ3) is 3.68. The molecule has 0 aliphatic heterocycles. The van der Waals surface area contributed by atoms with Crippen LogP contribution in [0.3, 0.4) is 0 Å². The number of rotatable bonds is 6. The van der Waals surface area contributed by atoms with E-state index in [1.54, 1.807) is 6.92 Å². The summed E-state index contributed by atoms with van der Waals surface area (Å²) in [5.74, 6) is 0. The zero-order valence-corrected chi connectivity index (χ0v) is 10.6. The van der Waals surface area contributed by atoms with Gasteiger partial charge in [0.15, 0.2) is 0 Å². The quantitative estimate of drug-likeness (QED) is 0.762. The highest BCUT2D eigenvalue weighted by Crippen LogP contribution is 2.07. The van der Waals surface area contributed by atoms with Gasteiger partial charge in [0.1, 0.15) is 0 Å². The molecule has 0 saturated carbocycles. The second-order valence-corrected chi connectivity index (χ2v) is 4.44. The monoisotopic (exact) mass is 245 g/mol. The molecular weight excluding hydrogens is 226 g/mol. The fourth-order valence-electron chi connectivity index (χ4n) is 1.72. The Morgan fingerprint density at radius 2 is 2.11 bits per heavy atom. The van der Waals surface area contributed by atoms with Crippen LogP contribution in [0.25, 0.3) is 5.69 Å². The van der Waals surface area contributed by atoms with Crippen LogP contribution < -0.4 is 5.32 Å². The third-order valence-corrected chi connectivity index (χ3v) is 2.72. The first-order valence-corrected chi connectivity index (χ1v) is 6.23. The highest BCUT2D eigenvalue weighted by atomic mass is 16.3. The molecule has 0 bridgehead atoms. The fourth-order valence-corrected chi connectivity index (χ4v) is 1.72. The molecule has 0 aliphatic carbocycles. The van der Waals surface area contributed by atoms with Crippen LogP contribution in [0.2, 0.25) is 0 Å². The first-order chi connectivity index (χ1) is 8.75. The molecule has 1 aromatic heterocycles. The standard InChI is InChI=1S/C14H19N3O/c1-12(18)7-8-15-9-13-10-16-17(11-13)14-5-3-2-4-6-14/h2-6,10-12,15,18H,7-9H2,1H3. The van der Waals surface area contributed by atoms with Crippen molar-refractivity contribution in [1.82, 2.24) is 15.1 Å². The number of aliphatic hydroxyl groups is 1. The van der Waals surface area contributed by atoms with Crippen LogP contribution in [0.4, 0.5) is 0 Å². The number of aromatic nitrogens is 2. The van der Waals surface area contributed by atoms with Gasteiger partial charge in [-0.2, -0.15) is 5.10 Å². The smallest absolute Gasteiger partial charge is 0.0645 e. The molecule has 4 heteroatoms. The maximum Gasteiger partial charge on any atom is 0.0645 e. The fraction of sp³-hybridized carbons (Fsp3) is 0.357. The highest BCUT2D eigenvalue weighted by molar-refractivity contribution is 5.30. The Morgan fingerprint density at radius 3 is 2.83 bits per heavy atom. The molecule has 1 unspecified atom stereocenters. The van der Waals surface area contributed by atoms with Gasteiger partial charge in [0.25, 0.3) is 0 Å². The van der Waals surface area contributed by atoms with E-state index in [-0.39, 0.29) is 6.10 Å². The minimum Gasteiger partial charge on any atom is -0.393 e. The molecule has 1 atom stereocenters. The molecule has 1 heterocycles. The first-order valence-electron chi connectivity index (χ1n) is 6.23. The molecule has 1 aromatic carbocycles. The molecule has 18 heavy (non-hydrogen) atoms. The molecular formula is C14H19N3O. The maximum atomic E-state index is 9.15. The topological polar surface area (TPSA) is 50.1 Å². The van der Waals surface area contributed by atoms with Gasteiger partial charge in [-0.25, -0.2) is 4.68 Å². The molecule has 0 saturated heterocycles. The normalized spacial score (nSPS) is 12.6. The van der Waals surface area contributed by atoms with Gasteiger partial charge >= 0.3 is 0 Å². The van der Waals surface area contributed by atoms with E-state index in [9.17, 15) is 0 Å². The molecule has 0 fully saturated rings. The summed E-state index contributed by atoms with van der Waals surface area (Å²) in [6.07, 6.45) is 4.41. The van der Waals surface area contributed by atoms with Gasteiger partial charge in [0, 0.05) is 18.3 Å². The van der Waals surface area contributed by atoms with Gasteiger partial charge in [-0.3, -0.25) is 0 Å². The Bertz CT molecular complexity index is 465. The van der Waals surface area contributed by atoms with Crippen LogP contribution in [0.5, 0.6) is 0 Å². The van der Waals surface area contributed by atoms with Crippen molar-refractivity contribution in [3.05, 3.63) is 48.3 Å². The van der Waals surface area contributed by atoms with E-state index < -0.39 is 0 Å². The van der Waals surface area contributed by atoms with Crippen LogP contribution in [0, 0.1) is 0 Å². The van der Waals surface area contributed by atoms with Crippen molar-refractivity contribution < 1.29 is 5.11 Å². The number of hydrogen-bond acceptors (Lipinski definition) is 3. The SMILES string of the molecule is CC(O)CCNCc1cnn(-c2ccccc2)c1. The number of benzene rings is 1. The zero-order valence-electron chi connectivity index (χ0n) is 10.6. The zero-order chi connectivity index (χ0) is 12.8. The van der Waals surface area contributed by atoms with Gasteiger partial charge in [0.05, 0.1) is 18.0 Å². The van der Waals surface area contributed by atoms with E-state index in [1.165, 1.54) is 0 Å². The Kier molecular flexibility index (Phi) is 4.50. The van der Waals surface area contributed by atoms with Gasteiger partial charge < -0.3 is 10.4 Å². The lowest BCUT2D eigenvalue weighted by atomic mass is 10.3. The molecule has 4 nitrogen and oxygen atoms in total. The van der Waals surface area contributed by atoms with Gasteiger partial charge in [-0.15, -0.1) is 0 Å². The van der Waals surface area contributed by atoms with Crippen molar-refractivity contribution >= 4 is 0 Å². The van der Waals surface area contributed by atoms with E-state index in [4.69, 9.17) is 5.11 Å². The van der Waals surface area contributed by atoms with Crippen molar-refractivity contribution in [3.63, 3.8) is 0 Å². The molecule has 0 spiro atoms. The average molecular weight is 245 g/mol. The second kappa shape index (κ2) is 6.33. The summed E-state index contributed by atoms with van der Waals surface area (Å²) < 4.78 is 1.87. The molecule has 2 rings (SSSR count). The van der Waals surface area contributed by atoms with Crippen LogP contribution in [-0.4, -0.2) is 27.5 Å². The van der Waals surface area contributed by atoms with Crippen molar-refractivity contribution in [2.24, 2.45) is 0 Å². The Morgan fingerprint density at radius 1 is 1.33 bits per heavy atom. The number of hydrogen-bond donors (Lipinski definition) is 2. The van der Waals surface area contributed by atoms with Crippen molar-refractivity contribution in [1.29, 1.82) is 0 Å². The van der Waals surface area contributed by atoms with E-state index in [1.807, 2.05) is 47.4 Å². The summed E-state index contributed by atoms with van der Waals surface area (Å²) in [5, 5.41) is 16.8. The summed E-state index contributed by atoms with van der Waals surface area (Å²) in [5.41, 5.74) is 2.21. The van der Waals surface area contributed by atoms with E-state index >= 15 is 0 Å². The molecule has 2 N–H and O–H groups in total. The minimum absolute atomic E-state index is 0.246. The van der Waals surface area contributed by atoms with E-state index in [0.717, 1.165) is 30.8 Å². The van der Waals surface area contributed by atoms with E-state index in [2.05, 4.69) is 10.4 Å². The molecule has 96 valence electrons. The number of aliphatic hydroxyl groups excluding tert-OH is 1. The first kappa shape index (κ1) is 12.8. The maximum absolute atomic E-state index is 9.15. The lowest BCUT2D eigenvalue weighted by Crippen LogP contribution is -2.18. The summed E-state index contributed by atoms with van der Waals surface area (Å²) in [6.45, 7) is 3.39. The summed E-state index contributed by atoms with van der Waals surface area (Å²) in [6, 6.07) is 10.0. The predicted octanol–water partition coefficient (Wildman–Crippen LogP) is 1.73. The summed E-state index contributed by atoms with van der Waals surface area (Å²) >= 11 is 0. The number of para-hydroxylation sites is 1. The highest BCUT2D eigenvalue weighted by Gasteiger charge is 2.00. The summed E-state index contributed by atoms with van der Waals surface area (Å²) in [7, 11) is 0. The van der Waals surface area contributed by atoms with Crippen LogP contribution in [-0.2, 0) is 6.54 Å². The minimum atomic E-state index is -0.246. The summed E-state index contributed by atoms with van der Waals surface area (Å²) in [4.78, 5) is 0. The van der Waals surface area contributed by atoms with Gasteiger partial charge in [-0.05, 0) is 32.0 Å². The molecule has 0 radical (unpaired) electrons. The van der Waals surface area contributed by atoms with Crippen LogP contribution in [0.1, 0.15) is 18.9 Å². The number of nitrogens with one attached hydrogen (secondary N) is 1.